The average Bonchev–Trinajstić information content (AvgIpc) is 3.00. The highest BCUT2D eigenvalue weighted by atomic mass is 16.3. The Hall–Kier alpha value is -1.77. The molecule has 0 radical (unpaired) electrons. The fourth-order valence-corrected chi connectivity index (χ4v) is 3.66. The van der Waals surface area contributed by atoms with Gasteiger partial charge in [-0.25, -0.2) is 4.98 Å². The van der Waals surface area contributed by atoms with Crippen molar-refractivity contribution < 1.29 is 5.11 Å². The summed E-state index contributed by atoms with van der Waals surface area (Å²) in [5.74, 6) is 1.63. The van der Waals surface area contributed by atoms with Gasteiger partial charge in [-0.05, 0) is 36.3 Å². The number of phenols is 1. The summed E-state index contributed by atoms with van der Waals surface area (Å²) in [5, 5.41) is 10.9. The molecule has 0 atom stereocenters. The minimum Gasteiger partial charge on any atom is -0.507 e. The average molecular weight is 326 g/mol. The van der Waals surface area contributed by atoms with Crippen molar-refractivity contribution in [1.29, 1.82) is 0 Å². The van der Waals surface area contributed by atoms with Crippen LogP contribution in [0.3, 0.4) is 0 Å². The van der Waals surface area contributed by atoms with Crippen molar-refractivity contribution in [3.63, 3.8) is 0 Å². The summed E-state index contributed by atoms with van der Waals surface area (Å²) in [6.45, 7) is 16.1. The number of hydrogen-bond donors (Lipinski definition) is 1. The van der Waals surface area contributed by atoms with Crippen LogP contribution in [0.2, 0.25) is 0 Å². The Balaban J connectivity index is 2.26. The van der Waals surface area contributed by atoms with Gasteiger partial charge < -0.3 is 9.67 Å². The van der Waals surface area contributed by atoms with Crippen LogP contribution in [0.15, 0.2) is 12.1 Å². The zero-order valence-electron chi connectivity index (χ0n) is 16.1. The number of phenolic OH excluding ortho intramolecular Hbond substituents is 1. The van der Waals surface area contributed by atoms with Crippen LogP contribution in [0.4, 0.5) is 0 Å². The van der Waals surface area contributed by atoms with Crippen LogP contribution >= 0.6 is 0 Å². The summed E-state index contributed by atoms with van der Waals surface area (Å²) >= 11 is 0. The van der Waals surface area contributed by atoms with E-state index >= 15 is 0 Å². The van der Waals surface area contributed by atoms with E-state index < -0.39 is 0 Å². The van der Waals surface area contributed by atoms with Crippen molar-refractivity contribution in [2.75, 3.05) is 0 Å². The van der Waals surface area contributed by atoms with E-state index in [4.69, 9.17) is 4.98 Å². The van der Waals surface area contributed by atoms with Crippen LogP contribution in [0.25, 0.3) is 11.3 Å². The van der Waals surface area contributed by atoms with Gasteiger partial charge in [0.05, 0.1) is 5.69 Å². The van der Waals surface area contributed by atoms with E-state index in [-0.39, 0.29) is 10.8 Å². The van der Waals surface area contributed by atoms with Crippen molar-refractivity contribution in [2.45, 2.75) is 78.7 Å². The van der Waals surface area contributed by atoms with Gasteiger partial charge >= 0.3 is 0 Å². The zero-order chi connectivity index (χ0) is 17.9. The molecule has 0 saturated heterocycles. The summed E-state index contributed by atoms with van der Waals surface area (Å²) in [4.78, 5) is 4.92. The highest BCUT2D eigenvalue weighted by Gasteiger charge is 2.28. The maximum Gasteiger partial charge on any atom is 0.123 e. The Labute approximate surface area is 145 Å². The van der Waals surface area contributed by atoms with Gasteiger partial charge in [-0.1, -0.05) is 41.5 Å². The Kier molecular flexibility index (Phi) is 3.82. The molecule has 0 bridgehead atoms. The van der Waals surface area contributed by atoms with E-state index in [1.165, 1.54) is 17.9 Å². The minimum absolute atomic E-state index is 0.115. The summed E-state index contributed by atoms with van der Waals surface area (Å²) in [7, 11) is 0. The first kappa shape index (κ1) is 17.1. The largest absolute Gasteiger partial charge is 0.507 e. The lowest BCUT2D eigenvalue weighted by atomic mass is 9.78. The van der Waals surface area contributed by atoms with Gasteiger partial charge in [0.2, 0.25) is 0 Å². The van der Waals surface area contributed by atoms with Crippen molar-refractivity contribution in [1.82, 2.24) is 9.55 Å². The number of hydrogen-bond acceptors (Lipinski definition) is 2. The number of aromatic nitrogens is 2. The molecule has 0 saturated carbocycles. The van der Waals surface area contributed by atoms with Gasteiger partial charge in [0.25, 0.3) is 0 Å². The van der Waals surface area contributed by atoms with E-state index in [1.807, 2.05) is 0 Å². The van der Waals surface area contributed by atoms with Crippen molar-refractivity contribution >= 4 is 0 Å². The molecule has 0 spiro atoms. The fraction of sp³-hybridized carbons (Fsp3) is 0.571. The number of nitrogens with zero attached hydrogens (tertiary/aromatic N) is 2. The fourth-order valence-electron chi connectivity index (χ4n) is 3.66. The van der Waals surface area contributed by atoms with E-state index in [0.717, 1.165) is 35.3 Å². The normalized spacial score (nSPS) is 15.0. The third-order valence-electron chi connectivity index (χ3n) is 5.08. The standard InChI is InChI=1S/C21H30N2O/c1-13-18(22-17-9-8-10-23(13)17)14-11-15(20(2,3)4)19(24)16(12-14)21(5,6)7/h11-12,24H,8-10H2,1-7H3. The molecule has 1 aliphatic rings. The number of aryl methyl sites for hydroxylation is 1. The quantitative estimate of drug-likeness (QED) is 0.791. The molecule has 3 rings (SSSR count). The molecule has 1 N–H and O–H groups in total. The molecule has 2 aromatic rings. The van der Waals surface area contributed by atoms with Gasteiger partial charge in [-0.3, -0.25) is 0 Å². The number of imidazole rings is 1. The van der Waals surface area contributed by atoms with Crippen molar-refractivity contribution in [3.05, 3.63) is 34.8 Å². The Bertz CT molecular complexity index is 750. The van der Waals surface area contributed by atoms with Gasteiger partial charge in [0.1, 0.15) is 11.6 Å². The van der Waals surface area contributed by atoms with Crippen LogP contribution in [-0.2, 0) is 23.8 Å². The second-order valence-corrected chi connectivity index (χ2v) is 9.14. The molecule has 1 aromatic heterocycles. The second kappa shape index (κ2) is 5.37. The summed E-state index contributed by atoms with van der Waals surface area (Å²) in [6.07, 6.45) is 2.26. The lowest BCUT2D eigenvalue weighted by Gasteiger charge is -2.28. The number of rotatable bonds is 1. The van der Waals surface area contributed by atoms with Crippen LogP contribution in [-0.4, -0.2) is 14.7 Å². The van der Waals surface area contributed by atoms with Gasteiger partial charge in [-0.15, -0.1) is 0 Å². The van der Waals surface area contributed by atoms with Crippen molar-refractivity contribution in [2.24, 2.45) is 0 Å². The molecule has 0 aliphatic carbocycles. The highest BCUT2D eigenvalue weighted by molar-refractivity contribution is 5.68. The zero-order valence-corrected chi connectivity index (χ0v) is 16.1. The molecule has 3 nitrogen and oxygen atoms in total. The lowest BCUT2D eigenvalue weighted by Crippen LogP contribution is -2.17. The van der Waals surface area contributed by atoms with Gasteiger partial charge in [0, 0.05) is 35.3 Å². The molecular formula is C21H30N2O. The minimum atomic E-state index is -0.115. The molecule has 24 heavy (non-hydrogen) atoms. The predicted molar refractivity (Wildman–Crippen MR) is 99.8 cm³/mol. The number of fused-ring (bicyclic) bond motifs is 1. The lowest BCUT2D eigenvalue weighted by molar-refractivity contribution is 0.423. The van der Waals surface area contributed by atoms with E-state index in [0.29, 0.717) is 5.75 Å². The van der Waals surface area contributed by atoms with Crippen LogP contribution < -0.4 is 0 Å². The number of aromatic hydroxyl groups is 1. The van der Waals surface area contributed by atoms with E-state index in [2.05, 4.69) is 65.2 Å². The summed E-state index contributed by atoms with van der Waals surface area (Å²) < 4.78 is 2.34. The summed E-state index contributed by atoms with van der Waals surface area (Å²) in [5.41, 5.74) is 5.21. The molecule has 1 aromatic carbocycles. The van der Waals surface area contributed by atoms with Crippen LogP contribution in [0, 0.1) is 6.92 Å². The highest BCUT2D eigenvalue weighted by Crippen LogP contribution is 2.42. The van der Waals surface area contributed by atoms with Gasteiger partial charge in [0.15, 0.2) is 0 Å². The van der Waals surface area contributed by atoms with Crippen LogP contribution in [0.5, 0.6) is 5.75 Å². The van der Waals surface area contributed by atoms with E-state index in [9.17, 15) is 5.11 Å². The third-order valence-corrected chi connectivity index (χ3v) is 5.08. The first-order chi connectivity index (χ1) is 11.0. The molecular weight excluding hydrogens is 296 g/mol. The Morgan fingerprint density at radius 3 is 2.00 bits per heavy atom. The second-order valence-electron chi connectivity index (χ2n) is 9.14. The SMILES string of the molecule is Cc1c(-c2cc(C(C)(C)C)c(O)c(C(C)(C)C)c2)nc2n1CCC2. The molecule has 130 valence electrons. The van der Waals surface area contributed by atoms with E-state index in [1.54, 1.807) is 0 Å². The van der Waals surface area contributed by atoms with Crippen molar-refractivity contribution in [3.8, 4) is 17.0 Å². The molecule has 1 aliphatic heterocycles. The molecule has 0 unspecified atom stereocenters. The Morgan fingerprint density at radius 1 is 1.00 bits per heavy atom. The van der Waals surface area contributed by atoms with Gasteiger partial charge in [-0.2, -0.15) is 0 Å². The number of benzene rings is 1. The topological polar surface area (TPSA) is 38.1 Å². The first-order valence-corrected chi connectivity index (χ1v) is 8.94. The maximum atomic E-state index is 10.9. The predicted octanol–water partition coefficient (Wildman–Crippen LogP) is 5.11. The smallest absolute Gasteiger partial charge is 0.123 e. The Morgan fingerprint density at radius 2 is 1.54 bits per heavy atom. The molecule has 0 amide bonds. The first-order valence-electron chi connectivity index (χ1n) is 8.94. The molecule has 3 heteroatoms. The maximum absolute atomic E-state index is 10.9. The summed E-state index contributed by atoms with van der Waals surface area (Å²) in [6, 6.07) is 4.27. The molecule has 0 fully saturated rings. The van der Waals surface area contributed by atoms with Crippen LogP contribution in [0.1, 0.15) is 70.6 Å². The monoisotopic (exact) mass is 326 g/mol. The molecule has 2 heterocycles. The third kappa shape index (κ3) is 2.74.